The number of rotatable bonds is 2. The maximum atomic E-state index is 13.1. The normalized spacial score (nSPS) is 19.3. The quantitative estimate of drug-likeness (QED) is 0.579. The Labute approximate surface area is 171 Å². The number of sulfone groups is 1. The summed E-state index contributed by atoms with van der Waals surface area (Å²) in [4.78, 5) is 24.9. The molecule has 1 atom stereocenters. The second-order valence-electron chi connectivity index (χ2n) is 6.71. The molecule has 13 heteroatoms. The SMILES string of the molecule is Cn1c(C(F)(F)F)cc(=O)n(-c2ccc3snc(C4OCCCS4(=O)=O)c3c2)c1=O. The van der Waals surface area contributed by atoms with Crippen LogP contribution >= 0.6 is 11.5 Å². The van der Waals surface area contributed by atoms with E-state index in [2.05, 4.69) is 4.37 Å². The number of fused-ring (bicyclic) bond motifs is 1. The van der Waals surface area contributed by atoms with Gasteiger partial charge < -0.3 is 4.74 Å². The lowest BCUT2D eigenvalue weighted by Crippen LogP contribution is -2.40. The van der Waals surface area contributed by atoms with E-state index in [9.17, 15) is 31.2 Å². The highest BCUT2D eigenvalue weighted by molar-refractivity contribution is 7.91. The van der Waals surface area contributed by atoms with Crippen LogP contribution in [0.2, 0.25) is 0 Å². The predicted octanol–water partition coefficient (Wildman–Crippen LogP) is 2.00. The number of aromatic nitrogens is 3. The van der Waals surface area contributed by atoms with E-state index in [0.717, 1.165) is 18.6 Å². The van der Waals surface area contributed by atoms with Crippen molar-refractivity contribution in [3.05, 3.63) is 56.5 Å². The van der Waals surface area contributed by atoms with Gasteiger partial charge in [0.1, 0.15) is 11.4 Å². The first-order valence-corrected chi connectivity index (χ1v) is 11.1. The molecular formula is C17H14F3N3O5S2. The Morgan fingerprint density at radius 3 is 2.63 bits per heavy atom. The molecule has 3 aromatic rings. The average molecular weight is 461 g/mol. The molecule has 0 bridgehead atoms. The molecule has 1 aromatic carbocycles. The van der Waals surface area contributed by atoms with Crippen molar-refractivity contribution >= 4 is 31.5 Å². The van der Waals surface area contributed by atoms with E-state index in [0.29, 0.717) is 31.7 Å². The van der Waals surface area contributed by atoms with Gasteiger partial charge in [-0.15, -0.1) is 0 Å². The lowest BCUT2D eigenvalue weighted by molar-refractivity contribution is -0.144. The van der Waals surface area contributed by atoms with Gasteiger partial charge in [-0.05, 0) is 36.2 Å². The number of ether oxygens (including phenoxy) is 1. The molecule has 0 N–H and O–H groups in total. The maximum absolute atomic E-state index is 13.1. The predicted molar refractivity (Wildman–Crippen MR) is 103 cm³/mol. The molecule has 1 fully saturated rings. The second kappa shape index (κ2) is 7.03. The van der Waals surface area contributed by atoms with Gasteiger partial charge in [0.15, 0.2) is 9.84 Å². The molecule has 4 rings (SSSR count). The average Bonchev–Trinajstić information content (AvgIpc) is 3.06. The lowest BCUT2D eigenvalue weighted by atomic mass is 10.2. The summed E-state index contributed by atoms with van der Waals surface area (Å²) in [7, 11) is -2.68. The Morgan fingerprint density at radius 1 is 1.23 bits per heavy atom. The van der Waals surface area contributed by atoms with Crippen molar-refractivity contribution in [3.8, 4) is 5.69 Å². The van der Waals surface area contributed by atoms with E-state index < -0.39 is 38.4 Å². The minimum atomic E-state index is -4.87. The van der Waals surface area contributed by atoms with Crippen LogP contribution in [0.3, 0.4) is 0 Å². The highest BCUT2D eigenvalue weighted by atomic mass is 32.2. The molecule has 160 valence electrons. The second-order valence-corrected chi connectivity index (χ2v) is 9.68. The lowest BCUT2D eigenvalue weighted by Gasteiger charge is -2.21. The number of benzene rings is 1. The summed E-state index contributed by atoms with van der Waals surface area (Å²) >= 11 is 1.02. The van der Waals surface area contributed by atoms with Gasteiger partial charge in [-0.1, -0.05) is 0 Å². The van der Waals surface area contributed by atoms with E-state index in [-0.39, 0.29) is 23.7 Å². The number of nitrogens with zero attached hydrogens (tertiary/aromatic N) is 3. The van der Waals surface area contributed by atoms with E-state index >= 15 is 0 Å². The van der Waals surface area contributed by atoms with Crippen molar-refractivity contribution in [2.24, 2.45) is 7.05 Å². The minimum Gasteiger partial charge on any atom is -0.356 e. The third-order valence-corrected chi connectivity index (χ3v) is 7.45. The van der Waals surface area contributed by atoms with Gasteiger partial charge in [-0.25, -0.2) is 17.8 Å². The molecule has 2 aromatic heterocycles. The van der Waals surface area contributed by atoms with Gasteiger partial charge in [0.25, 0.3) is 5.56 Å². The molecular weight excluding hydrogens is 447 g/mol. The van der Waals surface area contributed by atoms with Crippen LogP contribution in [0.15, 0.2) is 33.9 Å². The molecule has 0 radical (unpaired) electrons. The summed E-state index contributed by atoms with van der Waals surface area (Å²) in [6, 6.07) is 4.60. The van der Waals surface area contributed by atoms with Crippen LogP contribution in [0.4, 0.5) is 13.2 Å². The zero-order valence-corrected chi connectivity index (χ0v) is 17.0. The zero-order valence-electron chi connectivity index (χ0n) is 15.3. The first kappa shape index (κ1) is 20.8. The van der Waals surface area contributed by atoms with Crippen LogP contribution in [-0.4, -0.2) is 34.3 Å². The van der Waals surface area contributed by atoms with Crippen LogP contribution in [0.25, 0.3) is 15.8 Å². The van der Waals surface area contributed by atoms with Crippen LogP contribution in [-0.2, 0) is 27.8 Å². The van der Waals surface area contributed by atoms with Crippen LogP contribution in [0.5, 0.6) is 0 Å². The van der Waals surface area contributed by atoms with Crippen LogP contribution in [0, 0.1) is 0 Å². The van der Waals surface area contributed by atoms with Gasteiger partial charge in [0.05, 0.1) is 16.1 Å². The van der Waals surface area contributed by atoms with E-state index in [1.807, 2.05) is 0 Å². The first-order chi connectivity index (χ1) is 14.0. The number of alkyl halides is 3. The molecule has 0 amide bonds. The zero-order chi connectivity index (χ0) is 21.8. The van der Waals surface area contributed by atoms with Crippen molar-refractivity contribution < 1.29 is 26.3 Å². The third-order valence-electron chi connectivity index (χ3n) is 4.74. The van der Waals surface area contributed by atoms with Crippen molar-refractivity contribution in [1.82, 2.24) is 13.5 Å². The van der Waals surface area contributed by atoms with Gasteiger partial charge in [0.2, 0.25) is 5.44 Å². The van der Waals surface area contributed by atoms with E-state index in [1.165, 1.54) is 18.2 Å². The summed E-state index contributed by atoms with van der Waals surface area (Å²) < 4.78 is 75.0. The Morgan fingerprint density at radius 2 is 1.97 bits per heavy atom. The Kier molecular flexibility index (Phi) is 4.86. The van der Waals surface area contributed by atoms with Crippen LogP contribution in [0.1, 0.15) is 23.2 Å². The topological polar surface area (TPSA) is 100 Å². The van der Waals surface area contributed by atoms with Crippen molar-refractivity contribution in [2.45, 2.75) is 18.0 Å². The van der Waals surface area contributed by atoms with Crippen LogP contribution < -0.4 is 11.2 Å². The molecule has 1 saturated heterocycles. The maximum Gasteiger partial charge on any atom is 0.431 e. The summed E-state index contributed by atoms with van der Waals surface area (Å²) in [5, 5.41) is 0.349. The fraction of sp³-hybridized carbons (Fsp3) is 0.353. The fourth-order valence-corrected chi connectivity index (χ4v) is 5.71. The number of halogens is 3. The highest BCUT2D eigenvalue weighted by Gasteiger charge is 2.36. The number of hydrogen-bond donors (Lipinski definition) is 0. The molecule has 1 unspecified atom stereocenters. The van der Waals surface area contributed by atoms with E-state index in [4.69, 9.17) is 4.74 Å². The fourth-order valence-electron chi connectivity index (χ4n) is 3.30. The van der Waals surface area contributed by atoms with Crippen molar-refractivity contribution in [2.75, 3.05) is 12.4 Å². The molecule has 30 heavy (non-hydrogen) atoms. The monoisotopic (exact) mass is 461 g/mol. The first-order valence-electron chi connectivity index (χ1n) is 8.64. The van der Waals surface area contributed by atoms with Crippen molar-refractivity contribution in [3.63, 3.8) is 0 Å². The smallest absolute Gasteiger partial charge is 0.356 e. The molecule has 0 spiro atoms. The molecule has 3 heterocycles. The Bertz CT molecular complexity index is 1370. The highest BCUT2D eigenvalue weighted by Crippen LogP contribution is 2.35. The summed E-state index contributed by atoms with van der Waals surface area (Å²) in [5.41, 5.74) is -4.85. The van der Waals surface area contributed by atoms with Gasteiger partial charge in [-0.2, -0.15) is 17.5 Å². The molecule has 1 aliphatic heterocycles. The summed E-state index contributed by atoms with van der Waals surface area (Å²) in [6.45, 7) is 0.238. The van der Waals surface area contributed by atoms with E-state index in [1.54, 1.807) is 0 Å². The Balaban J connectivity index is 1.91. The number of hydrogen-bond acceptors (Lipinski definition) is 7. The van der Waals surface area contributed by atoms with Gasteiger partial charge in [-0.3, -0.25) is 9.36 Å². The summed E-state index contributed by atoms with van der Waals surface area (Å²) in [5.74, 6) is -0.0602. The van der Waals surface area contributed by atoms with Crippen molar-refractivity contribution in [1.29, 1.82) is 0 Å². The van der Waals surface area contributed by atoms with Gasteiger partial charge >= 0.3 is 11.9 Å². The molecule has 0 saturated carbocycles. The van der Waals surface area contributed by atoms with Gasteiger partial charge in [0, 0.05) is 25.1 Å². The standard InChI is InChI=1S/C17H14F3N3O5S2/c1-22-12(17(18,19)20)8-13(24)23(16(22)25)9-3-4-11-10(7-9)14(21-29-11)15-28-5-2-6-30(15,26)27/h3-4,7-8,15H,2,5-6H2,1H3. The Hall–Kier alpha value is -2.51. The summed E-state index contributed by atoms with van der Waals surface area (Å²) in [6.07, 6.45) is -4.50. The largest absolute Gasteiger partial charge is 0.431 e. The minimum absolute atomic E-state index is 0.00326. The molecule has 0 aliphatic carbocycles. The molecule has 8 nitrogen and oxygen atoms in total. The third kappa shape index (κ3) is 3.36. The molecule has 1 aliphatic rings.